The average Bonchev–Trinajstić information content (AvgIpc) is 3.22. The Bertz CT molecular complexity index is 674. The summed E-state index contributed by atoms with van der Waals surface area (Å²) in [6, 6.07) is 5.28. The van der Waals surface area contributed by atoms with Gasteiger partial charge in [0.1, 0.15) is 0 Å². The molecule has 6 nitrogen and oxygen atoms in total. The highest BCUT2D eigenvalue weighted by molar-refractivity contribution is 5.29. The largest absolute Gasteiger partial charge is 0.341 e. The molecule has 0 spiro atoms. The second kappa shape index (κ2) is 6.51. The molecule has 6 heteroatoms. The number of nitrogens with zero attached hydrogens (tertiary/aromatic N) is 6. The quantitative estimate of drug-likeness (QED) is 0.865. The van der Waals surface area contributed by atoms with Gasteiger partial charge in [-0.2, -0.15) is 5.10 Å². The lowest BCUT2D eigenvalue weighted by Crippen LogP contribution is -2.44. The fourth-order valence-corrected chi connectivity index (χ4v) is 4.20. The van der Waals surface area contributed by atoms with Crippen molar-refractivity contribution in [2.75, 3.05) is 31.1 Å². The Labute approximate surface area is 143 Å². The molecule has 128 valence electrons. The Hall–Kier alpha value is -1.95. The van der Waals surface area contributed by atoms with Crippen molar-refractivity contribution in [2.45, 2.75) is 45.2 Å². The summed E-state index contributed by atoms with van der Waals surface area (Å²) in [7, 11) is 0. The van der Waals surface area contributed by atoms with Crippen molar-refractivity contribution in [1.29, 1.82) is 0 Å². The molecule has 4 rings (SSSR count). The minimum Gasteiger partial charge on any atom is -0.341 e. The number of likely N-dealkylation sites (tertiary alicyclic amines) is 1. The molecule has 2 aliphatic heterocycles. The highest BCUT2D eigenvalue weighted by atomic mass is 15.3. The van der Waals surface area contributed by atoms with Crippen LogP contribution < -0.4 is 4.90 Å². The number of piperidine rings is 1. The van der Waals surface area contributed by atoms with E-state index >= 15 is 0 Å². The third-order valence-corrected chi connectivity index (χ3v) is 5.40. The van der Waals surface area contributed by atoms with E-state index in [0.717, 1.165) is 31.3 Å². The van der Waals surface area contributed by atoms with Crippen molar-refractivity contribution < 1.29 is 0 Å². The summed E-state index contributed by atoms with van der Waals surface area (Å²) < 4.78 is 2.24. The molecule has 0 amide bonds. The fourth-order valence-electron chi connectivity index (χ4n) is 4.20. The van der Waals surface area contributed by atoms with Crippen LogP contribution in [-0.4, -0.2) is 56.9 Å². The van der Waals surface area contributed by atoms with Gasteiger partial charge in [-0.25, -0.2) is 9.97 Å². The van der Waals surface area contributed by atoms with Crippen molar-refractivity contribution in [3.05, 3.63) is 35.9 Å². The van der Waals surface area contributed by atoms with Crippen molar-refractivity contribution in [1.82, 2.24) is 24.6 Å². The molecule has 0 aromatic carbocycles. The molecule has 4 heterocycles. The molecule has 2 aromatic rings. The topological polar surface area (TPSA) is 50.1 Å². The first-order chi connectivity index (χ1) is 11.7. The van der Waals surface area contributed by atoms with E-state index in [2.05, 4.69) is 49.5 Å². The molecular formula is C18H26N6. The number of hydrogen-bond donors (Lipinski definition) is 0. The number of aromatic nitrogens is 4. The summed E-state index contributed by atoms with van der Waals surface area (Å²) in [6.07, 6.45) is 7.26. The van der Waals surface area contributed by atoms with Gasteiger partial charge in [0.15, 0.2) is 0 Å². The Balaban J connectivity index is 1.35. The molecule has 0 unspecified atom stereocenters. The molecule has 24 heavy (non-hydrogen) atoms. The van der Waals surface area contributed by atoms with Crippen LogP contribution in [0.5, 0.6) is 0 Å². The smallest absolute Gasteiger partial charge is 0.225 e. The average molecular weight is 326 g/mol. The number of anilines is 1. The maximum Gasteiger partial charge on any atom is 0.225 e. The molecule has 1 atom stereocenters. The van der Waals surface area contributed by atoms with E-state index in [4.69, 9.17) is 0 Å². The zero-order valence-corrected chi connectivity index (χ0v) is 14.6. The second-order valence-corrected chi connectivity index (χ2v) is 7.08. The van der Waals surface area contributed by atoms with Crippen molar-refractivity contribution >= 4 is 5.95 Å². The zero-order chi connectivity index (χ0) is 16.5. The van der Waals surface area contributed by atoms with Crippen LogP contribution in [0.25, 0.3) is 0 Å². The maximum absolute atomic E-state index is 4.69. The van der Waals surface area contributed by atoms with Gasteiger partial charge in [0.2, 0.25) is 5.95 Å². The lowest BCUT2D eigenvalue weighted by atomic mass is 10.0. The van der Waals surface area contributed by atoms with Crippen LogP contribution in [0.2, 0.25) is 0 Å². The van der Waals surface area contributed by atoms with Crippen molar-refractivity contribution in [3.63, 3.8) is 0 Å². The molecule has 2 saturated heterocycles. The standard InChI is InChI=1S/C18H26N6/c1-14-12-15(2)24(21-14)17-6-11-23(13-17)16-4-9-22(10-5-16)18-19-7-3-8-20-18/h3,7-8,12,16-17H,4-6,9-11,13H2,1-2H3/t17-/m1/s1. The predicted octanol–water partition coefficient (Wildman–Crippen LogP) is 2.21. The number of hydrogen-bond acceptors (Lipinski definition) is 5. The lowest BCUT2D eigenvalue weighted by Gasteiger charge is -2.36. The number of aryl methyl sites for hydroxylation is 2. The normalized spacial score (nSPS) is 23.1. The van der Waals surface area contributed by atoms with E-state index in [9.17, 15) is 0 Å². The lowest BCUT2D eigenvalue weighted by molar-refractivity contribution is 0.199. The SMILES string of the molecule is Cc1cc(C)n([C@@H]2CCN(C3CCN(c4ncccn4)CC3)C2)n1. The van der Waals surface area contributed by atoms with E-state index < -0.39 is 0 Å². The Morgan fingerprint density at radius 2 is 1.67 bits per heavy atom. The Kier molecular flexibility index (Phi) is 4.22. The van der Waals surface area contributed by atoms with Crippen LogP contribution in [0.4, 0.5) is 5.95 Å². The van der Waals surface area contributed by atoms with Crippen molar-refractivity contribution in [3.8, 4) is 0 Å². The van der Waals surface area contributed by atoms with E-state index in [-0.39, 0.29) is 0 Å². The van der Waals surface area contributed by atoms with E-state index in [1.807, 2.05) is 18.5 Å². The van der Waals surface area contributed by atoms with Crippen LogP contribution in [-0.2, 0) is 0 Å². The molecular weight excluding hydrogens is 300 g/mol. The monoisotopic (exact) mass is 326 g/mol. The van der Waals surface area contributed by atoms with Crippen LogP contribution in [0.3, 0.4) is 0 Å². The maximum atomic E-state index is 4.69. The van der Waals surface area contributed by atoms with Gasteiger partial charge in [-0.15, -0.1) is 0 Å². The first-order valence-electron chi connectivity index (χ1n) is 8.99. The fraction of sp³-hybridized carbons (Fsp3) is 0.611. The van der Waals surface area contributed by atoms with E-state index in [1.54, 1.807) is 0 Å². The van der Waals surface area contributed by atoms with E-state index in [0.29, 0.717) is 12.1 Å². The zero-order valence-electron chi connectivity index (χ0n) is 14.6. The van der Waals surface area contributed by atoms with Gasteiger partial charge < -0.3 is 4.90 Å². The summed E-state index contributed by atoms with van der Waals surface area (Å²) in [6.45, 7) is 8.67. The third-order valence-electron chi connectivity index (χ3n) is 5.40. The summed E-state index contributed by atoms with van der Waals surface area (Å²) in [4.78, 5) is 13.7. The summed E-state index contributed by atoms with van der Waals surface area (Å²) >= 11 is 0. The number of rotatable bonds is 3. The molecule has 0 aliphatic carbocycles. The van der Waals surface area contributed by atoms with Gasteiger partial charge in [0.05, 0.1) is 11.7 Å². The predicted molar refractivity (Wildman–Crippen MR) is 94.2 cm³/mol. The van der Waals surface area contributed by atoms with Gasteiger partial charge in [-0.05, 0) is 45.2 Å². The van der Waals surface area contributed by atoms with Gasteiger partial charge in [-0.1, -0.05) is 0 Å². The molecule has 0 saturated carbocycles. The molecule has 0 N–H and O–H groups in total. The highest BCUT2D eigenvalue weighted by Crippen LogP contribution is 2.28. The molecule has 0 radical (unpaired) electrons. The Morgan fingerprint density at radius 3 is 2.33 bits per heavy atom. The molecule has 2 aromatic heterocycles. The summed E-state index contributed by atoms with van der Waals surface area (Å²) in [5, 5.41) is 4.69. The molecule has 0 bridgehead atoms. The summed E-state index contributed by atoms with van der Waals surface area (Å²) in [5.74, 6) is 0.873. The van der Waals surface area contributed by atoms with Crippen LogP contribution in [0.1, 0.15) is 36.7 Å². The summed E-state index contributed by atoms with van der Waals surface area (Å²) in [5.41, 5.74) is 2.41. The van der Waals surface area contributed by atoms with Crippen LogP contribution in [0, 0.1) is 13.8 Å². The Morgan fingerprint density at radius 1 is 0.958 bits per heavy atom. The van der Waals surface area contributed by atoms with Gasteiger partial charge in [0, 0.05) is 50.3 Å². The van der Waals surface area contributed by atoms with Crippen LogP contribution in [0.15, 0.2) is 24.5 Å². The van der Waals surface area contributed by atoms with Gasteiger partial charge in [-0.3, -0.25) is 9.58 Å². The second-order valence-electron chi connectivity index (χ2n) is 7.08. The molecule has 2 fully saturated rings. The van der Waals surface area contributed by atoms with Gasteiger partial charge in [0.25, 0.3) is 0 Å². The minimum atomic E-state index is 0.536. The molecule has 2 aliphatic rings. The van der Waals surface area contributed by atoms with Crippen LogP contribution >= 0.6 is 0 Å². The van der Waals surface area contributed by atoms with Crippen molar-refractivity contribution in [2.24, 2.45) is 0 Å². The van der Waals surface area contributed by atoms with Gasteiger partial charge >= 0.3 is 0 Å². The highest BCUT2D eigenvalue weighted by Gasteiger charge is 2.32. The van der Waals surface area contributed by atoms with E-state index in [1.165, 1.54) is 31.5 Å². The first-order valence-corrected chi connectivity index (χ1v) is 8.99. The third kappa shape index (κ3) is 3.02. The minimum absolute atomic E-state index is 0.536. The first kappa shape index (κ1) is 15.6.